The summed E-state index contributed by atoms with van der Waals surface area (Å²) in [5.74, 6) is 0. The average Bonchev–Trinajstić information content (AvgIpc) is 4.03. The van der Waals surface area contributed by atoms with Crippen molar-refractivity contribution in [2.45, 2.75) is 0 Å². The van der Waals surface area contributed by atoms with Crippen molar-refractivity contribution >= 4 is 104 Å². The lowest BCUT2D eigenvalue weighted by atomic mass is 9.98. The zero-order valence-corrected chi connectivity index (χ0v) is 36.7. The molecule has 0 N–H and O–H groups in total. The number of aromatic nitrogens is 2. The van der Waals surface area contributed by atoms with Crippen molar-refractivity contribution < 1.29 is 0 Å². The van der Waals surface area contributed by atoms with E-state index in [0.717, 1.165) is 5.69 Å². The van der Waals surface area contributed by atoms with E-state index in [-0.39, 0.29) is 0 Å². The van der Waals surface area contributed by atoms with Gasteiger partial charge in [0.2, 0.25) is 0 Å². The minimum Gasteiger partial charge on any atom is -0.309 e. The van der Waals surface area contributed by atoms with Crippen molar-refractivity contribution in [3.05, 3.63) is 243 Å². The van der Waals surface area contributed by atoms with E-state index < -0.39 is 8.07 Å². The monoisotopic (exact) mass is 848 g/mol. The van der Waals surface area contributed by atoms with Gasteiger partial charge in [0.1, 0.15) is 0 Å². The van der Waals surface area contributed by atoms with Gasteiger partial charge in [-0.3, -0.25) is 0 Å². The molecule has 0 saturated carbocycles. The number of para-hydroxylation sites is 2. The SMILES string of the molecule is c1ccc([Si](c2ccccc2)(c2ccccc2)c2cccc(-n3c4ccccc4c4c(-n5c6ccccc6c6cc(-c7cccc8sc9ccccc9c78)ccc65)cccc43)c2)cc1. The molecule has 0 fully saturated rings. The van der Waals surface area contributed by atoms with Crippen molar-refractivity contribution in [1.29, 1.82) is 0 Å². The van der Waals surface area contributed by atoms with Crippen LogP contribution in [0.3, 0.4) is 0 Å². The first-order valence-corrected chi connectivity index (χ1v) is 24.8. The second-order valence-electron chi connectivity index (χ2n) is 16.8. The van der Waals surface area contributed by atoms with Crippen molar-refractivity contribution in [2.24, 2.45) is 0 Å². The zero-order chi connectivity index (χ0) is 42.2. The van der Waals surface area contributed by atoms with Crippen LogP contribution in [0.2, 0.25) is 0 Å². The maximum atomic E-state index is 2.50. The van der Waals surface area contributed by atoms with Gasteiger partial charge in [-0.1, -0.05) is 182 Å². The lowest BCUT2D eigenvalue weighted by Crippen LogP contribution is -2.74. The highest BCUT2D eigenvalue weighted by Crippen LogP contribution is 2.43. The van der Waals surface area contributed by atoms with Crippen LogP contribution in [0.4, 0.5) is 0 Å². The van der Waals surface area contributed by atoms with Gasteiger partial charge in [-0.25, -0.2) is 0 Å². The number of rotatable bonds is 7. The summed E-state index contributed by atoms with van der Waals surface area (Å²) >= 11 is 1.87. The third-order valence-corrected chi connectivity index (χ3v) is 19.4. The summed E-state index contributed by atoms with van der Waals surface area (Å²) in [5.41, 5.74) is 9.61. The second kappa shape index (κ2) is 14.7. The number of thiophene rings is 1. The number of nitrogens with zero attached hydrogens (tertiary/aromatic N) is 2. The second-order valence-corrected chi connectivity index (χ2v) is 21.7. The fourth-order valence-corrected chi connectivity index (χ4v) is 16.7. The molecule has 3 heterocycles. The Morgan fingerprint density at radius 3 is 1.56 bits per heavy atom. The predicted molar refractivity (Wildman–Crippen MR) is 277 cm³/mol. The van der Waals surface area contributed by atoms with E-state index in [4.69, 9.17) is 0 Å². The van der Waals surface area contributed by atoms with Crippen molar-refractivity contribution in [2.75, 3.05) is 0 Å². The summed E-state index contributed by atoms with van der Waals surface area (Å²) in [6, 6.07) is 90.4. The Kier molecular flexibility index (Phi) is 8.45. The van der Waals surface area contributed by atoms with Crippen molar-refractivity contribution in [3.63, 3.8) is 0 Å². The molecule has 0 radical (unpaired) electrons. The van der Waals surface area contributed by atoms with Crippen LogP contribution in [0.5, 0.6) is 0 Å². The lowest BCUT2D eigenvalue weighted by Gasteiger charge is -2.34. The molecule has 2 nitrogen and oxygen atoms in total. The molecule has 0 saturated heterocycles. The molecule has 0 aliphatic heterocycles. The molecule has 0 unspecified atom stereocenters. The Morgan fingerprint density at radius 2 is 0.844 bits per heavy atom. The van der Waals surface area contributed by atoms with Crippen LogP contribution in [0.1, 0.15) is 0 Å². The summed E-state index contributed by atoms with van der Waals surface area (Å²) in [6.07, 6.45) is 0. The van der Waals surface area contributed by atoms with Crippen molar-refractivity contribution in [1.82, 2.24) is 9.13 Å². The molecule has 3 aromatic heterocycles. The molecule has 0 aliphatic rings. The van der Waals surface area contributed by atoms with Crippen LogP contribution >= 0.6 is 11.3 Å². The van der Waals surface area contributed by atoms with Crippen LogP contribution in [-0.4, -0.2) is 17.2 Å². The highest BCUT2D eigenvalue weighted by molar-refractivity contribution is 7.26. The molecule has 300 valence electrons. The summed E-state index contributed by atoms with van der Waals surface area (Å²) in [6.45, 7) is 0. The van der Waals surface area contributed by atoms with Gasteiger partial charge in [-0.2, -0.15) is 0 Å². The first-order valence-electron chi connectivity index (χ1n) is 22.0. The predicted octanol–water partition coefficient (Wildman–Crippen LogP) is 13.3. The lowest BCUT2D eigenvalue weighted by molar-refractivity contribution is 1.17. The smallest absolute Gasteiger partial charge is 0.179 e. The molecule has 13 aromatic rings. The number of hydrogen-bond acceptors (Lipinski definition) is 1. The number of hydrogen-bond donors (Lipinski definition) is 0. The standard InChI is InChI=1S/C60H40N2SSi/c1-4-20-43(21-5-1)64(44-22-6-2-7-23-44,45-24-8-3-9-25-45)46-26-16-19-42(40-46)61-53-32-14-11-28-49(53)60-55(61)33-18-34-56(60)62-52-31-13-10-27-48(52)51-39-41(37-38-54(51)62)47-30-17-36-58-59(47)50-29-12-15-35-57(50)63-58/h1-40H. The molecule has 0 spiro atoms. The van der Waals surface area contributed by atoms with Gasteiger partial charge >= 0.3 is 0 Å². The average molecular weight is 849 g/mol. The summed E-state index contributed by atoms with van der Waals surface area (Å²) in [5, 5.41) is 13.1. The zero-order valence-electron chi connectivity index (χ0n) is 34.9. The molecule has 0 bridgehead atoms. The van der Waals surface area contributed by atoms with E-state index in [1.54, 1.807) is 0 Å². The van der Waals surface area contributed by atoms with Crippen molar-refractivity contribution in [3.8, 4) is 22.5 Å². The van der Waals surface area contributed by atoms with Crippen LogP contribution in [-0.2, 0) is 0 Å². The topological polar surface area (TPSA) is 9.86 Å². The minimum atomic E-state index is -2.77. The third kappa shape index (κ3) is 5.43. The Morgan fingerprint density at radius 1 is 0.312 bits per heavy atom. The van der Waals surface area contributed by atoms with Gasteiger partial charge in [0, 0.05) is 47.4 Å². The van der Waals surface area contributed by atoms with E-state index in [1.807, 2.05) is 11.3 Å². The Bertz CT molecular complexity index is 3800. The van der Waals surface area contributed by atoms with E-state index in [0.29, 0.717) is 0 Å². The maximum Gasteiger partial charge on any atom is 0.179 e. The summed E-state index contributed by atoms with van der Waals surface area (Å²) < 4.78 is 7.65. The number of benzene rings is 10. The first-order chi connectivity index (χ1) is 31.8. The third-order valence-electron chi connectivity index (χ3n) is 13.5. The fourth-order valence-electron chi connectivity index (χ4n) is 10.8. The fraction of sp³-hybridized carbons (Fsp3) is 0. The first kappa shape index (κ1) is 36.9. The molecular weight excluding hydrogens is 809 g/mol. The molecular formula is C60H40N2SSi. The molecule has 13 rings (SSSR count). The molecule has 0 aliphatic carbocycles. The van der Waals surface area contributed by atoms with E-state index in [2.05, 4.69) is 252 Å². The van der Waals surface area contributed by atoms with Crippen LogP contribution in [0.25, 0.3) is 86.3 Å². The normalized spacial score (nSPS) is 12.1. The highest BCUT2D eigenvalue weighted by Gasteiger charge is 2.41. The van der Waals surface area contributed by atoms with Gasteiger partial charge < -0.3 is 9.13 Å². The Labute approximate surface area is 376 Å². The number of fused-ring (bicyclic) bond motifs is 9. The van der Waals surface area contributed by atoms with Gasteiger partial charge in [0.05, 0.1) is 27.8 Å². The Balaban J connectivity index is 1.05. The summed E-state index contributed by atoms with van der Waals surface area (Å²) in [4.78, 5) is 0. The molecule has 64 heavy (non-hydrogen) atoms. The molecule has 10 aromatic carbocycles. The minimum absolute atomic E-state index is 1.16. The van der Waals surface area contributed by atoms with Gasteiger partial charge in [0.25, 0.3) is 0 Å². The van der Waals surface area contributed by atoms with Crippen LogP contribution in [0.15, 0.2) is 243 Å². The van der Waals surface area contributed by atoms with Crippen LogP contribution in [0, 0.1) is 0 Å². The van der Waals surface area contributed by atoms with E-state index in [9.17, 15) is 0 Å². The largest absolute Gasteiger partial charge is 0.309 e. The Hall–Kier alpha value is -7.76. The van der Waals surface area contributed by atoms with Crippen LogP contribution < -0.4 is 20.7 Å². The van der Waals surface area contributed by atoms with Gasteiger partial charge in [-0.05, 0) is 92.5 Å². The molecule has 0 amide bonds. The quantitative estimate of drug-likeness (QED) is 0.112. The summed E-state index contributed by atoms with van der Waals surface area (Å²) in [7, 11) is -2.77. The molecule has 0 atom stereocenters. The molecule has 4 heteroatoms. The van der Waals surface area contributed by atoms with E-state index in [1.165, 1.54) is 101 Å². The van der Waals surface area contributed by atoms with Gasteiger partial charge in [0.15, 0.2) is 8.07 Å². The maximum absolute atomic E-state index is 2.77. The van der Waals surface area contributed by atoms with E-state index >= 15 is 0 Å². The van der Waals surface area contributed by atoms with Gasteiger partial charge in [-0.15, -0.1) is 11.3 Å². The highest BCUT2D eigenvalue weighted by atomic mass is 32.1.